The van der Waals surface area contributed by atoms with Crippen molar-refractivity contribution in [2.75, 3.05) is 18.5 Å². The van der Waals surface area contributed by atoms with Crippen molar-refractivity contribution in [1.29, 1.82) is 0 Å². The monoisotopic (exact) mass is 220 g/mol. The van der Waals surface area contributed by atoms with E-state index < -0.39 is 0 Å². The first kappa shape index (κ1) is 13.0. The van der Waals surface area contributed by atoms with Gasteiger partial charge < -0.3 is 10.6 Å². The van der Waals surface area contributed by atoms with E-state index in [1.54, 1.807) is 0 Å². The summed E-state index contributed by atoms with van der Waals surface area (Å²) in [5, 5.41) is 0. The number of anilines is 1. The Morgan fingerprint density at radius 3 is 2.25 bits per heavy atom. The van der Waals surface area contributed by atoms with Crippen LogP contribution in [0.15, 0.2) is 24.3 Å². The number of aryl methyl sites for hydroxylation is 1. The molecular formula is C14H24N2. The third kappa shape index (κ3) is 3.24. The summed E-state index contributed by atoms with van der Waals surface area (Å²) in [7, 11) is 2.13. The maximum Gasteiger partial charge on any atom is 0.0409 e. The molecule has 0 aliphatic heterocycles. The Hall–Kier alpha value is -1.02. The number of benzene rings is 1. The summed E-state index contributed by atoms with van der Waals surface area (Å²) >= 11 is 0. The van der Waals surface area contributed by atoms with E-state index in [-0.39, 0.29) is 0 Å². The number of nitrogens with zero attached hydrogens (tertiary/aromatic N) is 1. The summed E-state index contributed by atoms with van der Waals surface area (Å²) in [6.07, 6.45) is 3.43. The number of nitrogens with two attached hydrogens (primary N) is 1. The number of hydrogen-bond acceptors (Lipinski definition) is 2. The highest BCUT2D eigenvalue weighted by Gasteiger charge is 2.12. The van der Waals surface area contributed by atoms with Gasteiger partial charge >= 0.3 is 0 Å². The van der Waals surface area contributed by atoms with Gasteiger partial charge in [0.15, 0.2) is 0 Å². The van der Waals surface area contributed by atoms with Gasteiger partial charge in [0.2, 0.25) is 0 Å². The Balaban J connectivity index is 2.73. The topological polar surface area (TPSA) is 29.3 Å². The standard InChI is InChI=1S/C14H24N2/c1-4-6-14(11-15)16(3)13-9-7-12(5-2)8-10-13/h7-10,14H,4-6,11,15H2,1-3H3. The molecule has 0 aliphatic carbocycles. The van der Waals surface area contributed by atoms with E-state index in [2.05, 4.69) is 50.1 Å². The minimum atomic E-state index is 0.456. The lowest BCUT2D eigenvalue weighted by atomic mass is 10.1. The first-order valence-corrected chi connectivity index (χ1v) is 6.24. The predicted molar refractivity (Wildman–Crippen MR) is 72.0 cm³/mol. The second-order valence-corrected chi connectivity index (χ2v) is 4.31. The Morgan fingerprint density at radius 1 is 1.19 bits per heavy atom. The highest BCUT2D eigenvalue weighted by molar-refractivity contribution is 5.47. The Bertz CT molecular complexity index is 292. The van der Waals surface area contributed by atoms with Crippen LogP contribution in [0, 0.1) is 0 Å². The molecule has 0 saturated heterocycles. The van der Waals surface area contributed by atoms with Gasteiger partial charge in [-0.25, -0.2) is 0 Å². The molecule has 0 saturated carbocycles. The zero-order valence-corrected chi connectivity index (χ0v) is 10.7. The molecule has 1 rings (SSSR count). The molecule has 1 unspecified atom stereocenters. The van der Waals surface area contributed by atoms with Gasteiger partial charge in [-0.3, -0.25) is 0 Å². The SMILES string of the molecule is CCCC(CN)N(C)c1ccc(CC)cc1. The van der Waals surface area contributed by atoms with E-state index in [4.69, 9.17) is 5.73 Å². The van der Waals surface area contributed by atoms with Crippen molar-refractivity contribution < 1.29 is 0 Å². The van der Waals surface area contributed by atoms with Crippen molar-refractivity contribution in [2.24, 2.45) is 5.73 Å². The molecule has 2 nitrogen and oxygen atoms in total. The van der Waals surface area contributed by atoms with Crippen molar-refractivity contribution in [2.45, 2.75) is 39.2 Å². The molecule has 0 aliphatic rings. The zero-order valence-electron chi connectivity index (χ0n) is 10.7. The molecule has 0 spiro atoms. The average Bonchev–Trinajstić information content (AvgIpc) is 2.35. The van der Waals surface area contributed by atoms with E-state index in [1.807, 2.05) is 0 Å². The van der Waals surface area contributed by atoms with Crippen LogP contribution in [0.3, 0.4) is 0 Å². The normalized spacial score (nSPS) is 12.5. The van der Waals surface area contributed by atoms with Crippen LogP contribution in [0.4, 0.5) is 5.69 Å². The van der Waals surface area contributed by atoms with Crippen molar-refractivity contribution in [3.63, 3.8) is 0 Å². The van der Waals surface area contributed by atoms with Crippen LogP contribution >= 0.6 is 0 Å². The van der Waals surface area contributed by atoms with Gasteiger partial charge in [0.05, 0.1) is 0 Å². The lowest BCUT2D eigenvalue weighted by molar-refractivity contribution is 0.580. The van der Waals surface area contributed by atoms with Crippen LogP contribution in [0.2, 0.25) is 0 Å². The summed E-state index contributed by atoms with van der Waals surface area (Å²) in [6.45, 7) is 5.11. The van der Waals surface area contributed by atoms with Gasteiger partial charge in [0.25, 0.3) is 0 Å². The fourth-order valence-electron chi connectivity index (χ4n) is 1.98. The van der Waals surface area contributed by atoms with Crippen LogP contribution in [0.25, 0.3) is 0 Å². The lowest BCUT2D eigenvalue weighted by Gasteiger charge is -2.29. The maximum atomic E-state index is 5.81. The number of likely N-dealkylation sites (N-methyl/N-ethyl adjacent to an activating group) is 1. The minimum Gasteiger partial charge on any atom is -0.370 e. The Labute approximate surface area is 99.5 Å². The fourth-order valence-corrected chi connectivity index (χ4v) is 1.98. The van der Waals surface area contributed by atoms with Gasteiger partial charge in [-0.1, -0.05) is 32.4 Å². The highest BCUT2D eigenvalue weighted by Crippen LogP contribution is 2.18. The van der Waals surface area contributed by atoms with E-state index in [0.29, 0.717) is 6.04 Å². The quantitative estimate of drug-likeness (QED) is 0.798. The van der Waals surface area contributed by atoms with Crippen molar-refractivity contribution in [1.82, 2.24) is 0 Å². The highest BCUT2D eigenvalue weighted by atomic mass is 15.1. The van der Waals surface area contributed by atoms with Crippen LogP contribution in [0.5, 0.6) is 0 Å². The molecule has 1 aromatic carbocycles. The second kappa shape index (κ2) is 6.54. The molecule has 0 amide bonds. The molecule has 1 atom stereocenters. The molecule has 0 heterocycles. The molecule has 90 valence electrons. The summed E-state index contributed by atoms with van der Waals surface area (Å²) in [6, 6.07) is 9.24. The number of rotatable bonds is 6. The van der Waals surface area contributed by atoms with Crippen LogP contribution in [0.1, 0.15) is 32.3 Å². The van der Waals surface area contributed by atoms with Gasteiger partial charge in [-0.2, -0.15) is 0 Å². The first-order valence-electron chi connectivity index (χ1n) is 6.24. The summed E-state index contributed by atoms with van der Waals surface area (Å²) in [4.78, 5) is 2.29. The van der Waals surface area contributed by atoms with Gasteiger partial charge in [0.1, 0.15) is 0 Å². The third-order valence-corrected chi connectivity index (χ3v) is 3.19. The van der Waals surface area contributed by atoms with Crippen LogP contribution in [-0.4, -0.2) is 19.6 Å². The molecule has 16 heavy (non-hydrogen) atoms. The Morgan fingerprint density at radius 2 is 1.81 bits per heavy atom. The Kier molecular flexibility index (Phi) is 5.33. The predicted octanol–water partition coefficient (Wildman–Crippen LogP) is 2.81. The molecule has 0 bridgehead atoms. The summed E-state index contributed by atoms with van der Waals surface area (Å²) < 4.78 is 0. The van der Waals surface area contributed by atoms with Crippen LogP contribution < -0.4 is 10.6 Å². The smallest absolute Gasteiger partial charge is 0.0409 e. The maximum absolute atomic E-state index is 5.81. The second-order valence-electron chi connectivity index (χ2n) is 4.31. The molecule has 2 heteroatoms. The van der Waals surface area contributed by atoms with Crippen molar-refractivity contribution in [3.05, 3.63) is 29.8 Å². The van der Waals surface area contributed by atoms with Crippen molar-refractivity contribution in [3.8, 4) is 0 Å². The summed E-state index contributed by atoms with van der Waals surface area (Å²) in [5.41, 5.74) is 8.46. The summed E-state index contributed by atoms with van der Waals surface area (Å²) in [5.74, 6) is 0. The van der Waals surface area contributed by atoms with Crippen molar-refractivity contribution >= 4 is 5.69 Å². The van der Waals surface area contributed by atoms with Gasteiger partial charge in [-0.15, -0.1) is 0 Å². The molecule has 0 fully saturated rings. The van der Waals surface area contributed by atoms with Gasteiger partial charge in [0, 0.05) is 25.3 Å². The number of hydrogen-bond donors (Lipinski definition) is 1. The molecule has 1 aromatic rings. The molecule has 2 N–H and O–H groups in total. The molecule has 0 aromatic heterocycles. The van der Waals surface area contributed by atoms with E-state index in [0.717, 1.165) is 19.4 Å². The largest absolute Gasteiger partial charge is 0.370 e. The molecular weight excluding hydrogens is 196 g/mol. The van der Waals surface area contributed by atoms with Gasteiger partial charge in [-0.05, 0) is 30.5 Å². The zero-order chi connectivity index (χ0) is 12.0. The third-order valence-electron chi connectivity index (χ3n) is 3.19. The minimum absolute atomic E-state index is 0.456. The first-order chi connectivity index (χ1) is 7.72. The van der Waals surface area contributed by atoms with E-state index in [1.165, 1.54) is 17.7 Å². The fraction of sp³-hybridized carbons (Fsp3) is 0.571. The van der Waals surface area contributed by atoms with E-state index in [9.17, 15) is 0 Å². The average molecular weight is 220 g/mol. The molecule has 0 radical (unpaired) electrons. The van der Waals surface area contributed by atoms with Crippen LogP contribution in [-0.2, 0) is 6.42 Å². The lowest BCUT2D eigenvalue weighted by Crippen LogP contribution is -2.37. The van der Waals surface area contributed by atoms with E-state index >= 15 is 0 Å².